The molecule has 0 spiro atoms. The third-order valence-electron chi connectivity index (χ3n) is 4.07. The number of piperidine rings is 1. The predicted octanol–water partition coefficient (Wildman–Crippen LogP) is 3.11. The van der Waals surface area contributed by atoms with Crippen LogP contribution in [0, 0.1) is 19.8 Å². The van der Waals surface area contributed by atoms with Crippen LogP contribution in [0.1, 0.15) is 30.4 Å². The molecule has 0 saturated carbocycles. The quantitative estimate of drug-likeness (QED) is 0.855. The van der Waals surface area contributed by atoms with Crippen LogP contribution in [-0.4, -0.2) is 26.7 Å². The molecule has 0 atom stereocenters. The van der Waals surface area contributed by atoms with Crippen LogP contribution >= 0.6 is 0 Å². The molecule has 19 heavy (non-hydrogen) atoms. The number of rotatable bonds is 5. The molecule has 1 fully saturated rings. The van der Waals surface area contributed by atoms with Crippen LogP contribution in [0.4, 0.5) is 5.69 Å². The Bertz CT molecular complexity index is 411. The lowest BCUT2D eigenvalue weighted by molar-refractivity contribution is 0.361. The van der Waals surface area contributed by atoms with Gasteiger partial charge in [0, 0.05) is 12.2 Å². The van der Waals surface area contributed by atoms with Crippen LogP contribution in [0.5, 0.6) is 5.75 Å². The van der Waals surface area contributed by atoms with Gasteiger partial charge in [0.2, 0.25) is 0 Å². The zero-order valence-corrected chi connectivity index (χ0v) is 12.4. The number of anilines is 1. The molecule has 2 rings (SSSR count). The van der Waals surface area contributed by atoms with Gasteiger partial charge < -0.3 is 15.4 Å². The van der Waals surface area contributed by atoms with Gasteiger partial charge in [-0.05, 0) is 75.4 Å². The number of nitrogens with one attached hydrogen (secondary N) is 2. The Morgan fingerprint density at radius 2 is 1.95 bits per heavy atom. The molecule has 1 aliphatic heterocycles. The van der Waals surface area contributed by atoms with E-state index in [2.05, 4.69) is 36.6 Å². The highest BCUT2D eigenvalue weighted by Gasteiger charge is 2.12. The standard InChI is InChI=1S/C16H26N2O/c1-12-11-16(19-3)13(2)10-15(12)18-9-6-14-4-7-17-8-5-14/h10-11,14,17-18H,4-9H2,1-3H3. The van der Waals surface area contributed by atoms with Gasteiger partial charge in [-0.3, -0.25) is 0 Å². The SMILES string of the molecule is COc1cc(C)c(NCCC2CCNCC2)cc1C. The van der Waals surface area contributed by atoms with E-state index in [0.29, 0.717) is 0 Å². The summed E-state index contributed by atoms with van der Waals surface area (Å²) in [5.41, 5.74) is 3.69. The van der Waals surface area contributed by atoms with Gasteiger partial charge in [0.15, 0.2) is 0 Å². The summed E-state index contributed by atoms with van der Waals surface area (Å²) in [6.45, 7) is 7.67. The van der Waals surface area contributed by atoms with Crippen LogP contribution in [0.3, 0.4) is 0 Å². The van der Waals surface area contributed by atoms with E-state index in [1.807, 2.05) is 0 Å². The average molecular weight is 262 g/mol. The molecule has 3 nitrogen and oxygen atoms in total. The molecule has 0 unspecified atom stereocenters. The van der Waals surface area contributed by atoms with E-state index in [-0.39, 0.29) is 0 Å². The molecular formula is C16H26N2O. The minimum atomic E-state index is 0.883. The van der Waals surface area contributed by atoms with Crippen molar-refractivity contribution < 1.29 is 4.74 Å². The van der Waals surface area contributed by atoms with Crippen molar-refractivity contribution in [3.05, 3.63) is 23.3 Å². The molecule has 0 amide bonds. The van der Waals surface area contributed by atoms with Crippen molar-refractivity contribution in [2.24, 2.45) is 5.92 Å². The summed E-state index contributed by atoms with van der Waals surface area (Å²) in [7, 11) is 1.73. The van der Waals surface area contributed by atoms with Crippen molar-refractivity contribution in [3.63, 3.8) is 0 Å². The molecule has 1 heterocycles. The van der Waals surface area contributed by atoms with Crippen LogP contribution < -0.4 is 15.4 Å². The maximum atomic E-state index is 5.35. The minimum absolute atomic E-state index is 0.883. The van der Waals surface area contributed by atoms with Gasteiger partial charge in [-0.15, -0.1) is 0 Å². The Kier molecular flexibility index (Phi) is 5.08. The summed E-state index contributed by atoms with van der Waals surface area (Å²) < 4.78 is 5.35. The fourth-order valence-electron chi connectivity index (χ4n) is 2.78. The van der Waals surface area contributed by atoms with E-state index < -0.39 is 0 Å². The van der Waals surface area contributed by atoms with Gasteiger partial charge in [0.25, 0.3) is 0 Å². The van der Waals surface area contributed by atoms with Gasteiger partial charge in [-0.1, -0.05) is 0 Å². The summed E-state index contributed by atoms with van der Waals surface area (Å²) in [5.74, 6) is 1.86. The first kappa shape index (κ1) is 14.2. The predicted molar refractivity (Wildman–Crippen MR) is 81.2 cm³/mol. The molecule has 0 aromatic heterocycles. The smallest absolute Gasteiger partial charge is 0.122 e. The van der Waals surface area contributed by atoms with Crippen molar-refractivity contribution in [1.29, 1.82) is 0 Å². The molecule has 3 heteroatoms. The third-order valence-corrected chi connectivity index (χ3v) is 4.07. The summed E-state index contributed by atoms with van der Waals surface area (Å²) in [6, 6.07) is 4.30. The highest BCUT2D eigenvalue weighted by Crippen LogP contribution is 2.26. The molecule has 2 N–H and O–H groups in total. The van der Waals surface area contributed by atoms with E-state index in [0.717, 1.165) is 18.2 Å². The number of methoxy groups -OCH3 is 1. The van der Waals surface area contributed by atoms with E-state index in [4.69, 9.17) is 4.74 Å². The first-order chi connectivity index (χ1) is 9.20. The fourth-order valence-corrected chi connectivity index (χ4v) is 2.78. The lowest BCUT2D eigenvalue weighted by Gasteiger charge is -2.23. The fraction of sp³-hybridized carbons (Fsp3) is 0.625. The molecule has 1 aliphatic rings. The van der Waals surface area contributed by atoms with Gasteiger partial charge in [-0.25, -0.2) is 0 Å². The first-order valence-electron chi connectivity index (χ1n) is 7.30. The topological polar surface area (TPSA) is 33.3 Å². The number of ether oxygens (including phenoxy) is 1. The average Bonchev–Trinajstić information content (AvgIpc) is 2.43. The van der Waals surface area contributed by atoms with Gasteiger partial charge in [-0.2, -0.15) is 0 Å². The van der Waals surface area contributed by atoms with Crippen molar-refractivity contribution >= 4 is 5.69 Å². The number of hydrogen-bond acceptors (Lipinski definition) is 3. The summed E-state index contributed by atoms with van der Waals surface area (Å²) >= 11 is 0. The Morgan fingerprint density at radius 1 is 1.21 bits per heavy atom. The zero-order valence-electron chi connectivity index (χ0n) is 12.4. The lowest BCUT2D eigenvalue weighted by atomic mass is 9.94. The van der Waals surface area contributed by atoms with Crippen LogP contribution in [0.15, 0.2) is 12.1 Å². The maximum Gasteiger partial charge on any atom is 0.122 e. The van der Waals surface area contributed by atoms with Crippen LogP contribution in [0.25, 0.3) is 0 Å². The monoisotopic (exact) mass is 262 g/mol. The Labute approximate surface area is 116 Å². The Morgan fingerprint density at radius 3 is 2.63 bits per heavy atom. The second-order valence-electron chi connectivity index (χ2n) is 5.55. The maximum absolute atomic E-state index is 5.35. The number of benzene rings is 1. The lowest BCUT2D eigenvalue weighted by Crippen LogP contribution is -2.28. The second-order valence-corrected chi connectivity index (χ2v) is 5.55. The van der Waals surface area contributed by atoms with Crippen molar-refractivity contribution in [3.8, 4) is 5.75 Å². The highest BCUT2D eigenvalue weighted by molar-refractivity contribution is 5.56. The van der Waals surface area contributed by atoms with E-state index in [9.17, 15) is 0 Å². The Hall–Kier alpha value is -1.22. The van der Waals surface area contributed by atoms with E-state index >= 15 is 0 Å². The zero-order chi connectivity index (χ0) is 13.7. The largest absolute Gasteiger partial charge is 0.496 e. The van der Waals surface area contributed by atoms with Crippen molar-refractivity contribution in [2.75, 3.05) is 32.1 Å². The number of hydrogen-bond donors (Lipinski definition) is 2. The molecule has 1 aromatic carbocycles. The Balaban J connectivity index is 1.86. The molecule has 106 valence electrons. The van der Waals surface area contributed by atoms with Gasteiger partial charge in [0.05, 0.1) is 7.11 Å². The molecule has 0 aliphatic carbocycles. The van der Waals surface area contributed by atoms with E-state index in [1.54, 1.807) is 7.11 Å². The molecule has 1 aromatic rings. The van der Waals surface area contributed by atoms with Gasteiger partial charge >= 0.3 is 0 Å². The molecule has 0 bridgehead atoms. The molecular weight excluding hydrogens is 236 g/mol. The summed E-state index contributed by atoms with van der Waals surface area (Å²) in [5, 5.41) is 6.99. The third kappa shape index (κ3) is 3.87. The van der Waals surface area contributed by atoms with Crippen LogP contribution in [0.2, 0.25) is 0 Å². The highest BCUT2D eigenvalue weighted by atomic mass is 16.5. The normalized spacial score (nSPS) is 16.4. The van der Waals surface area contributed by atoms with Crippen molar-refractivity contribution in [2.45, 2.75) is 33.1 Å². The first-order valence-corrected chi connectivity index (χ1v) is 7.30. The minimum Gasteiger partial charge on any atom is -0.496 e. The second kappa shape index (κ2) is 6.80. The van der Waals surface area contributed by atoms with Crippen molar-refractivity contribution in [1.82, 2.24) is 5.32 Å². The summed E-state index contributed by atoms with van der Waals surface area (Å²) in [6.07, 6.45) is 3.91. The number of aryl methyl sites for hydroxylation is 2. The summed E-state index contributed by atoms with van der Waals surface area (Å²) in [4.78, 5) is 0. The molecule has 1 saturated heterocycles. The van der Waals surface area contributed by atoms with Gasteiger partial charge in [0.1, 0.15) is 5.75 Å². The van der Waals surface area contributed by atoms with E-state index in [1.165, 1.54) is 49.2 Å². The molecule has 0 radical (unpaired) electrons. The van der Waals surface area contributed by atoms with Crippen LogP contribution in [-0.2, 0) is 0 Å².